The predicted molar refractivity (Wildman–Crippen MR) is 94.9 cm³/mol. The summed E-state index contributed by atoms with van der Waals surface area (Å²) in [5.74, 6) is 0. The molecule has 0 saturated carbocycles. The molecule has 3 aromatic rings. The van der Waals surface area contributed by atoms with E-state index in [9.17, 15) is 4.79 Å². The van der Waals surface area contributed by atoms with Gasteiger partial charge in [0.25, 0.3) is 0 Å². The standard InChI is InChI=1S/C18H20N6O/c1-12-8-9-24(23-12)17-5-3-2-4-16(17)21-18(25)20-14-6-7-15-13(10-14)11-19-22-15/h2-5,8-9,11,14H,6-7,10H2,1H3,(H,19,22)(H2,20,21,25)/t14-/m1/s1. The fourth-order valence-electron chi connectivity index (χ4n) is 3.21. The van der Waals surface area contributed by atoms with E-state index in [1.807, 2.05) is 49.6 Å². The smallest absolute Gasteiger partial charge is 0.319 e. The maximum absolute atomic E-state index is 12.4. The molecule has 2 heterocycles. The predicted octanol–water partition coefficient (Wildman–Crippen LogP) is 2.58. The second-order valence-corrected chi connectivity index (χ2v) is 6.33. The topological polar surface area (TPSA) is 87.6 Å². The molecule has 2 amide bonds. The molecule has 0 unspecified atom stereocenters. The Bertz CT molecular complexity index is 896. The Labute approximate surface area is 145 Å². The summed E-state index contributed by atoms with van der Waals surface area (Å²) in [6, 6.07) is 9.48. The van der Waals surface area contributed by atoms with E-state index in [1.165, 1.54) is 11.3 Å². The van der Waals surface area contributed by atoms with Crippen LogP contribution in [-0.4, -0.2) is 32.1 Å². The zero-order chi connectivity index (χ0) is 17.2. The van der Waals surface area contributed by atoms with Gasteiger partial charge in [0, 0.05) is 17.9 Å². The van der Waals surface area contributed by atoms with Gasteiger partial charge in [-0.15, -0.1) is 0 Å². The summed E-state index contributed by atoms with van der Waals surface area (Å²) in [6.07, 6.45) is 6.34. The fourth-order valence-corrected chi connectivity index (χ4v) is 3.21. The molecule has 1 aromatic carbocycles. The van der Waals surface area contributed by atoms with Crippen molar-refractivity contribution in [3.8, 4) is 5.69 Å². The van der Waals surface area contributed by atoms with Crippen molar-refractivity contribution in [2.24, 2.45) is 0 Å². The number of aromatic amines is 1. The van der Waals surface area contributed by atoms with E-state index < -0.39 is 0 Å². The third-order valence-corrected chi connectivity index (χ3v) is 4.47. The molecule has 25 heavy (non-hydrogen) atoms. The molecular formula is C18H20N6O. The van der Waals surface area contributed by atoms with Gasteiger partial charge >= 0.3 is 6.03 Å². The molecule has 4 rings (SSSR count). The summed E-state index contributed by atoms with van der Waals surface area (Å²) in [5.41, 5.74) is 4.86. The summed E-state index contributed by atoms with van der Waals surface area (Å²) in [5, 5.41) is 17.5. The summed E-state index contributed by atoms with van der Waals surface area (Å²) in [4.78, 5) is 12.4. The quantitative estimate of drug-likeness (QED) is 0.687. The van der Waals surface area contributed by atoms with Crippen LogP contribution in [0, 0.1) is 6.92 Å². The number of hydrogen-bond donors (Lipinski definition) is 3. The molecule has 0 aliphatic heterocycles. The van der Waals surface area contributed by atoms with Gasteiger partial charge in [-0.1, -0.05) is 12.1 Å². The van der Waals surface area contributed by atoms with Crippen LogP contribution >= 0.6 is 0 Å². The Kier molecular flexibility index (Phi) is 3.97. The Balaban J connectivity index is 1.45. The summed E-state index contributed by atoms with van der Waals surface area (Å²) < 4.78 is 1.77. The lowest BCUT2D eigenvalue weighted by Crippen LogP contribution is -2.41. The highest BCUT2D eigenvalue weighted by Crippen LogP contribution is 2.21. The van der Waals surface area contributed by atoms with Crippen molar-refractivity contribution in [2.75, 3.05) is 5.32 Å². The van der Waals surface area contributed by atoms with Crippen LogP contribution in [0.2, 0.25) is 0 Å². The van der Waals surface area contributed by atoms with Crippen molar-refractivity contribution in [1.29, 1.82) is 0 Å². The van der Waals surface area contributed by atoms with E-state index in [0.717, 1.165) is 36.3 Å². The van der Waals surface area contributed by atoms with Crippen molar-refractivity contribution in [2.45, 2.75) is 32.2 Å². The van der Waals surface area contributed by atoms with Gasteiger partial charge in [0.1, 0.15) is 0 Å². The van der Waals surface area contributed by atoms with Crippen molar-refractivity contribution >= 4 is 11.7 Å². The van der Waals surface area contributed by atoms with Gasteiger partial charge in [0.2, 0.25) is 0 Å². The minimum Gasteiger partial charge on any atom is -0.335 e. The normalized spacial score (nSPS) is 16.3. The molecule has 0 saturated heterocycles. The lowest BCUT2D eigenvalue weighted by Gasteiger charge is -2.23. The Morgan fingerprint density at radius 1 is 1.32 bits per heavy atom. The molecule has 7 nitrogen and oxygen atoms in total. The number of aromatic nitrogens is 4. The van der Waals surface area contributed by atoms with Crippen LogP contribution in [0.5, 0.6) is 0 Å². The van der Waals surface area contributed by atoms with Crippen molar-refractivity contribution < 1.29 is 4.79 Å². The number of anilines is 1. The van der Waals surface area contributed by atoms with Gasteiger partial charge in [0.05, 0.1) is 23.3 Å². The van der Waals surface area contributed by atoms with E-state index in [0.29, 0.717) is 0 Å². The van der Waals surface area contributed by atoms with Gasteiger partial charge in [0.15, 0.2) is 0 Å². The van der Waals surface area contributed by atoms with E-state index in [1.54, 1.807) is 4.68 Å². The lowest BCUT2D eigenvalue weighted by molar-refractivity contribution is 0.247. The van der Waals surface area contributed by atoms with Gasteiger partial charge in [-0.25, -0.2) is 9.48 Å². The number of hydrogen-bond acceptors (Lipinski definition) is 3. The highest BCUT2D eigenvalue weighted by Gasteiger charge is 2.21. The molecule has 1 atom stereocenters. The molecule has 3 N–H and O–H groups in total. The zero-order valence-corrected chi connectivity index (χ0v) is 14.0. The number of benzene rings is 1. The Morgan fingerprint density at radius 3 is 3.04 bits per heavy atom. The van der Waals surface area contributed by atoms with Gasteiger partial charge in [-0.2, -0.15) is 10.2 Å². The van der Waals surface area contributed by atoms with Crippen molar-refractivity contribution in [3.63, 3.8) is 0 Å². The average Bonchev–Trinajstić information content (AvgIpc) is 3.23. The number of urea groups is 1. The first kappa shape index (κ1) is 15.4. The molecule has 0 fully saturated rings. The van der Waals surface area contributed by atoms with Gasteiger partial charge in [-0.05, 0) is 49.9 Å². The second-order valence-electron chi connectivity index (χ2n) is 6.33. The Hall–Kier alpha value is -3.09. The number of rotatable bonds is 3. The lowest BCUT2D eigenvalue weighted by atomic mass is 9.94. The minimum atomic E-state index is -0.201. The van der Waals surface area contributed by atoms with Crippen molar-refractivity contribution in [3.05, 3.63) is 59.7 Å². The number of nitrogens with zero attached hydrogens (tertiary/aromatic N) is 3. The number of para-hydroxylation sites is 2. The fraction of sp³-hybridized carbons (Fsp3) is 0.278. The highest BCUT2D eigenvalue weighted by atomic mass is 16.2. The van der Waals surface area contributed by atoms with Crippen LogP contribution in [0.4, 0.5) is 10.5 Å². The van der Waals surface area contributed by atoms with Crippen LogP contribution in [0.3, 0.4) is 0 Å². The summed E-state index contributed by atoms with van der Waals surface area (Å²) >= 11 is 0. The van der Waals surface area contributed by atoms with Crippen LogP contribution in [0.1, 0.15) is 23.4 Å². The average molecular weight is 336 g/mol. The SMILES string of the molecule is Cc1ccn(-c2ccccc2NC(=O)N[C@@H]2CCc3[nH]ncc3C2)n1. The van der Waals surface area contributed by atoms with Gasteiger partial charge in [-0.3, -0.25) is 5.10 Å². The molecule has 1 aliphatic rings. The third kappa shape index (κ3) is 3.26. The molecule has 0 radical (unpaired) electrons. The molecule has 0 bridgehead atoms. The third-order valence-electron chi connectivity index (χ3n) is 4.47. The monoisotopic (exact) mass is 336 g/mol. The molecule has 128 valence electrons. The first-order valence-electron chi connectivity index (χ1n) is 8.39. The van der Waals surface area contributed by atoms with Crippen LogP contribution in [-0.2, 0) is 12.8 Å². The van der Waals surface area contributed by atoms with Crippen LogP contribution in [0.15, 0.2) is 42.7 Å². The van der Waals surface area contributed by atoms with Crippen LogP contribution in [0.25, 0.3) is 5.69 Å². The molecule has 2 aromatic heterocycles. The van der Waals surface area contributed by atoms with E-state index in [-0.39, 0.29) is 12.1 Å². The zero-order valence-electron chi connectivity index (χ0n) is 14.0. The second kappa shape index (κ2) is 6.43. The maximum Gasteiger partial charge on any atom is 0.319 e. The molecule has 1 aliphatic carbocycles. The number of carbonyl (C=O) groups is 1. The van der Waals surface area contributed by atoms with E-state index in [2.05, 4.69) is 25.9 Å². The highest BCUT2D eigenvalue weighted by molar-refractivity contribution is 5.91. The van der Waals surface area contributed by atoms with Crippen LogP contribution < -0.4 is 10.6 Å². The van der Waals surface area contributed by atoms with Crippen molar-refractivity contribution in [1.82, 2.24) is 25.3 Å². The maximum atomic E-state index is 12.4. The number of nitrogens with one attached hydrogen (secondary N) is 3. The Morgan fingerprint density at radius 2 is 2.20 bits per heavy atom. The number of carbonyl (C=O) groups excluding carboxylic acids is 1. The number of amides is 2. The number of aryl methyl sites for hydroxylation is 2. The van der Waals surface area contributed by atoms with Gasteiger partial charge < -0.3 is 10.6 Å². The summed E-state index contributed by atoms with van der Waals surface area (Å²) in [6.45, 7) is 1.94. The van der Waals surface area contributed by atoms with E-state index in [4.69, 9.17) is 0 Å². The molecule has 0 spiro atoms. The first-order chi connectivity index (χ1) is 12.2. The largest absolute Gasteiger partial charge is 0.335 e. The first-order valence-corrected chi connectivity index (χ1v) is 8.39. The number of H-pyrrole nitrogens is 1. The number of fused-ring (bicyclic) bond motifs is 1. The minimum absolute atomic E-state index is 0.115. The van der Waals surface area contributed by atoms with E-state index >= 15 is 0 Å². The summed E-state index contributed by atoms with van der Waals surface area (Å²) in [7, 11) is 0. The molecular weight excluding hydrogens is 316 g/mol. The molecule has 7 heteroatoms.